The predicted molar refractivity (Wildman–Crippen MR) is 121 cm³/mol. The number of carbonyl (C=O) groups is 1. The van der Waals surface area contributed by atoms with Crippen LogP contribution >= 0.6 is 0 Å². The van der Waals surface area contributed by atoms with E-state index in [2.05, 4.69) is 40.1 Å². The van der Waals surface area contributed by atoms with Crippen LogP contribution in [0.1, 0.15) is 41.6 Å². The summed E-state index contributed by atoms with van der Waals surface area (Å²) in [6, 6.07) is 17.1. The first-order chi connectivity index (χ1) is 15.1. The van der Waals surface area contributed by atoms with Crippen molar-refractivity contribution >= 4 is 15.9 Å². The quantitative estimate of drug-likeness (QED) is 0.559. The maximum atomic E-state index is 12.6. The van der Waals surface area contributed by atoms with Crippen LogP contribution in [0.15, 0.2) is 59.5 Å². The molecule has 2 aliphatic rings. The third-order valence-electron chi connectivity index (χ3n) is 6.21. The van der Waals surface area contributed by atoms with Crippen molar-refractivity contribution in [3.63, 3.8) is 0 Å². The molecule has 0 aromatic heterocycles. The van der Waals surface area contributed by atoms with Crippen LogP contribution < -0.4 is 0 Å². The smallest absolute Gasteiger partial charge is 0.269 e. The van der Waals surface area contributed by atoms with Gasteiger partial charge in [-0.3, -0.25) is 9.69 Å². The number of hydrogen-bond acceptors (Lipinski definition) is 5. The fourth-order valence-electron chi connectivity index (χ4n) is 4.41. The summed E-state index contributed by atoms with van der Waals surface area (Å²) in [5.41, 5.74) is 1.67. The molecular weight excluding hydrogens is 410 g/mol. The van der Waals surface area contributed by atoms with E-state index >= 15 is 0 Å². The Morgan fingerprint density at radius 1 is 0.710 bits per heavy atom. The maximum absolute atomic E-state index is 12.6. The Bertz CT molecular complexity index is 986. The Labute approximate surface area is 185 Å². The molecule has 2 heterocycles. The molecule has 0 unspecified atom stereocenters. The highest BCUT2D eigenvalue weighted by Gasteiger charge is 2.40. The van der Waals surface area contributed by atoms with Gasteiger partial charge in [-0.2, -0.15) is 0 Å². The highest BCUT2D eigenvalue weighted by Crippen LogP contribution is 2.30. The molecule has 2 aromatic rings. The van der Waals surface area contributed by atoms with Gasteiger partial charge in [-0.25, -0.2) is 12.7 Å². The van der Waals surface area contributed by atoms with Gasteiger partial charge in [-0.1, -0.05) is 55.3 Å². The number of carbonyl (C=O) groups excluding carboxylic acids is 1. The fourth-order valence-corrected chi connectivity index (χ4v) is 6.02. The van der Waals surface area contributed by atoms with Crippen LogP contribution in [-0.4, -0.2) is 67.7 Å². The number of hydrogen-bond donors (Lipinski definition) is 0. The van der Waals surface area contributed by atoms with Crippen molar-refractivity contribution in [3.05, 3.63) is 65.7 Å². The number of nitrogens with zero attached hydrogens (tertiary/aromatic N) is 3. The minimum Gasteiger partial charge on any atom is -0.301 e. The minimum atomic E-state index is -3.66. The van der Waals surface area contributed by atoms with E-state index < -0.39 is 10.0 Å². The zero-order valence-corrected chi connectivity index (χ0v) is 18.8. The molecule has 2 aliphatic heterocycles. The van der Waals surface area contributed by atoms with Crippen molar-refractivity contribution in [2.45, 2.75) is 37.1 Å². The molecule has 4 rings (SSSR count). The van der Waals surface area contributed by atoms with Gasteiger partial charge < -0.3 is 4.90 Å². The lowest BCUT2D eigenvalue weighted by molar-refractivity contribution is 0.0869. The molecule has 1 saturated heterocycles. The van der Waals surface area contributed by atoms with Gasteiger partial charge in [0.05, 0.1) is 5.56 Å². The van der Waals surface area contributed by atoms with Crippen LogP contribution in [0.3, 0.4) is 0 Å². The molecule has 0 spiro atoms. The first kappa shape index (κ1) is 22.0. The molecule has 166 valence electrons. The predicted octanol–water partition coefficient (Wildman–Crippen LogP) is 3.21. The highest BCUT2D eigenvalue weighted by atomic mass is 32.2. The molecule has 31 heavy (non-hydrogen) atoms. The summed E-state index contributed by atoms with van der Waals surface area (Å²) in [4.78, 5) is 17.6. The second kappa shape index (κ2) is 9.94. The van der Waals surface area contributed by atoms with Gasteiger partial charge >= 0.3 is 0 Å². The molecule has 2 aromatic carbocycles. The van der Waals surface area contributed by atoms with E-state index in [0.29, 0.717) is 12.0 Å². The molecule has 1 fully saturated rings. The summed E-state index contributed by atoms with van der Waals surface area (Å²) in [7, 11) is -3.66. The summed E-state index contributed by atoms with van der Waals surface area (Å²) >= 11 is 0. The van der Waals surface area contributed by atoms with Crippen LogP contribution in [0, 0.1) is 0 Å². The lowest BCUT2D eigenvalue weighted by Crippen LogP contribution is -2.46. The molecule has 0 aliphatic carbocycles. The summed E-state index contributed by atoms with van der Waals surface area (Å²) in [6.07, 6.45) is 3.81. The third kappa shape index (κ3) is 5.17. The van der Waals surface area contributed by atoms with E-state index in [9.17, 15) is 13.2 Å². The Morgan fingerprint density at radius 2 is 1.32 bits per heavy atom. The molecule has 1 amide bonds. The van der Waals surface area contributed by atoms with Crippen molar-refractivity contribution in [1.29, 1.82) is 0 Å². The average molecular weight is 442 g/mol. The Morgan fingerprint density at radius 3 is 2.03 bits per heavy atom. The van der Waals surface area contributed by atoms with E-state index in [1.54, 1.807) is 18.2 Å². The lowest BCUT2D eigenvalue weighted by atomic mass is 10.1. The first-order valence-electron chi connectivity index (χ1n) is 11.2. The minimum absolute atomic E-state index is 0.145. The van der Waals surface area contributed by atoms with Crippen molar-refractivity contribution in [1.82, 2.24) is 14.1 Å². The van der Waals surface area contributed by atoms with Crippen molar-refractivity contribution < 1.29 is 13.2 Å². The van der Waals surface area contributed by atoms with E-state index in [1.165, 1.54) is 11.6 Å². The zero-order valence-electron chi connectivity index (χ0n) is 17.9. The molecule has 0 bridgehead atoms. The summed E-state index contributed by atoms with van der Waals surface area (Å²) in [6.45, 7) is 6.79. The van der Waals surface area contributed by atoms with Crippen molar-refractivity contribution in [2.75, 3.05) is 39.3 Å². The van der Waals surface area contributed by atoms with Gasteiger partial charge in [0.25, 0.3) is 15.9 Å². The molecule has 0 N–H and O–H groups in total. The van der Waals surface area contributed by atoms with Crippen LogP contribution in [0.5, 0.6) is 0 Å². The summed E-state index contributed by atoms with van der Waals surface area (Å²) in [5.74, 6) is -0.385. The lowest BCUT2D eigenvalue weighted by Gasteiger charge is -2.34. The maximum Gasteiger partial charge on any atom is 0.269 e. The van der Waals surface area contributed by atoms with Gasteiger partial charge in [0.2, 0.25) is 0 Å². The normalized spacial score (nSPS) is 19.0. The summed E-state index contributed by atoms with van der Waals surface area (Å²) in [5, 5.41) is 0. The zero-order chi connectivity index (χ0) is 21.7. The molecular formula is C24H31N3O3S. The number of unbranched alkanes of at least 4 members (excludes halogenated alkanes) is 3. The molecule has 0 atom stereocenters. The SMILES string of the molecule is O=C1c2ccccc2S(=O)(=O)N1CCCCCCN1CCN(Cc2ccccc2)CC1. The van der Waals surface area contributed by atoms with E-state index in [4.69, 9.17) is 0 Å². The van der Waals surface area contributed by atoms with E-state index in [1.807, 2.05) is 0 Å². The number of fused-ring (bicyclic) bond motifs is 1. The average Bonchev–Trinajstić information content (AvgIpc) is 2.98. The van der Waals surface area contributed by atoms with Gasteiger partial charge in [-0.15, -0.1) is 0 Å². The van der Waals surface area contributed by atoms with Crippen molar-refractivity contribution in [2.24, 2.45) is 0 Å². The Balaban J connectivity index is 1.11. The molecule has 0 saturated carbocycles. The first-order valence-corrected chi connectivity index (χ1v) is 12.6. The van der Waals surface area contributed by atoms with Gasteiger partial charge in [0.15, 0.2) is 0 Å². The Hall–Kier alpha value is -2.22. The van der Waals surface area contributed by atoms with Crippen LogP contribution in [0.2, 0.25) is 0 Å². The third-order valence-corrected chi connectivity index (χ3v) is 8.05. The standard InChI is InChI=1S/C24H31N3O3S/c28-24-22-12-6-7-13-23(22)31(29,30)27(24)15-9-2-1-8-14-25-16-18-26(19-17-25)20-21-10-4-3-5-11-21/h3-7,10-13H,1-2,8-9,14-20H2. The molecule has 0 radical (unpaired) electrons. The van der Waals surface area contributed by atoms with E-state index in [0.717, 1.165) is 62.8 Å². The summed E-state index contributed by atoms with van der Waals surface area (Å²) < 4.78 is 26.2. The largest absolute Gasteiger partial charge is 0.301 e. The fraction of sp³-hybridized carbons (Fsp3) is 0.458. The number of piperazine rings is 1. The highest BCUT2D eigenvalue weighted by molar-refractivity contribution is 7.90. The van der Waals surface area contributed by atoms with Gasteiger partial charge in [0.1, 0.15) is 4.90 Å². The number of sulfonamides is 1. The monoisotopic (exact) mass is 441 g/mol. The number of benzene rings is 2. The molecule has 7 heteroatoms. The van der Waals surface area contributed by atoms with Crippen molar-refractivity contribution in [3.8, 4) is 0 Å². The van der Waals surface area contributed by atoms with Crippen LogP contribution in [0.25, 0.3) is 0 Å². The topological polar surface area (TPSA) is 60.9 Å². The number of rotatable bonds is 9. The van der Waals surface area contributed by atoms with E-state index in [-0.39, 0.29) is 17.3 Å². The van der Waals surface area contributed by atoms with Crippen LogP contribution in [-0.2, 0) is 16.6 Å². The van der Waals surface area contributed by atoms with Gasteiger partial charge in [-0.05, 0) is 37.1 Å². The Kier molecular flexibility index (Phi) is 7.05. The molecule has 6 nitrogen and oxygen atoms in total. The second-order valence-corrected chi connectivity index (χ2v) is 10.2. The number of amides is 1. The van der Waals surface area contributed by atoms with Crippen LogP contribution in [0.4, 0.5) is 0 Å². The second-order valence-electron chi connectivity index (χ2n) is 8.40. The van der Waals surface area contributed by atoms with Gasteiger partial charge in [0, 0.05) is 39.3 Å².